The van der Waals surface area contributed by atoms with Crippen molar-refractivity contribution in [3.63, 3.8) is 0 Å². The summed E-state index contributed by atoms with van der Waals surface area (Å²) in [6, 6.07) is 1.83. The number of rotatable bonds is 0. The van der Waals surface area contributed by atoms with E-state index in [-0.39, 0.29) is 12.4 Å². The molecule has 0 saturated carbocycles. The van der Waals surface area contributed by atoms with E-state index in [2.05, 4.69) is 4.33 Å². The van der Waals surface area contributed by atoms with Gasteiger partial charge in [0.1, 0.15) is 0 Å². The zero-order chi connectivity index (χ0) is 3.54. The second kappa shape index (κ2) is 2.97. The molecular weight excluding hydrogens is 98.3 g/mol. The van der Waals surface area contributed by atoms with E-state index in [9.17, 15) is 0 Å². The van der Waals surface area contributed by atoms with Crippen LogP contribution in [-0.2, 0) is 0 Å². The summed E-state index contributed by atoms with van der Waals surface area (Å²) < 4.78 is 4.58. The van der Waals surface area contributed by atoms with Gasteiger partial charge in [0, 0.05) is 0 Å². The second-order valence-electron chi connectivity index (χ2n) is 0.793. The van der Waals surface area contributed by atoms with Gasteiger partial charge < -0.3 is 0 Å². The maximum absolute atomic E-state index is 4.58. The topological polar surface area (TPSA) is 13.1 Å². The van der Waals surface area contributed by atoms with Gasteiger partial charge in [-0.1, -0.05) is 0 Å². The summed E-state index contributed by atoms with van der Waals surface area (Å²) in [5.74, 6) is 1.83. The number of hydrogen-bond donors (Lipinski definition) is 0. The van der Waals surface area contributed by atoms with Gasteiger partial charge in [-0.05, 0) is 0 Å². The molecule has 1 nitrogen and oxygen atoms in total. The van der Waals surface area contributed by atoms with Crippen LogP contribution in [-0.4, -0.2) is 7.13 Å². The van der Waals surface area contributed by atoms with Gasteiger partial charge in [-0.3, -0.25) is 0 Å². The second-order valence-corrected chi connectivity index (χ2v) is 0.793. The average molecular weight is 102 g/mol. The van der Waals surface area contributed by atoms with Crippen molar-refractivity contribution in [1.82, 2.24) is 0 Å². The number of halogens is 1. The SMILES string of the molecule is Cl.b1ccco1. The van der Waals surface area contributed by atoms with Crippen LogP contribution in [0.15, 0.2) is 22.6 Å². The van der Waals surface area contributed by atoms with Crippen LogP contribution in [0.2, 0.25) is 0 Å². The van der Waals surface area contributed by atoms with E-state index in [1.807, 2.05) is 12.0 Å². The van der Waals surface area contributed by atoms with Crippen molar-refractivity contribution in [3.8, 4) is 0 Å². The Hall–Kier alpha value is -0.235. The Morgan fingerprint density at radius 2 is 2.33 bits per heavy atom. The predicted octanol–water partition coefficient (Wildman–Crippen LogP) is 1.04. The molecule has 3 heteroatoms. The van der Waals surface area contributed by atoms with E-state index in [1.165, 1.54) is 0 Å². The summed E-state index contributed by atoms with van der Waals surface area (Å²) in [7, 11) is 1.62. The molecule has 0 fully saturated rings. The molecule has 1 rings (SSSR count). The molecule has 0 saturated heterocycles. The molecule has 0 atom stereocenters. The van der Waals surface area contributed by atoms with Crippen molar-refractivity contribution >= 4 is 19.5 Å². The van der Waals surface area contributed by atoms with Gasteiger partial charge in [0.25, 0.3) is 0 Å². The van der Waals surface area contributed by atoms with Crippen molar-refractivity contribution in [1.29, 1.82) is 0 Å². The van der Waals surface area contributed by atoms with Crippen LogP contribution in [0.25, 0.3) is 0 Å². The summed E-state index contributed by atoms with van der Waals surface area (Å²) in [5, 5.41) is 0. The summed E-state index contributed by atoms with van der Waals surface area (Å²) in [6.07, 6.45) is 1.62. The summed E-state index contributed by atoms with van der Waals surface area (Å²) >= 11 is 0. The molecule has 0 aliphatic rings. The van der Waals surface area contributed by atoms with E-state index >= 15 is 0 Å². The van der Waals surface area contributed by atoms with Crippen LogP contribution in [0.5, 0.6) is 0 Å². The Morgan fingerprint density at radius 3 is 2.50 bits per heavy atom. The molecule has 0 radical (unpaired) electrons. The first-order valence-electron chi connectivity index (χ1n) is 1.47. The van der Waals surface area contributed by atoms with Crippen molar-refractivity contribution in [2.75, 3.05) is 0 Å². The normalized spacial score (nSPS) is 6.00. The standard InChI is InChI=1S/C3H3BO.ClH/c1-2-4-5-3-1;/h1-3H;1H. The van der Waals surface area contributed by atoms with Crippen molar-refractivity contribution in [2.45, 2.75) is 0 Å². The fraction of sp³-hybridized carbons (Fsp3) is 0. The Bertz CT molecular complexity index is 67.3. The molecule has 1 aromatic rings. The van der Waals surface area contributed by atoms with Crippen LogP contribution in [0.4, 0.5) is 0 Å². The van der Waals surface area contributed by atoms with Gasteiger partial charge >= 0.3 is 29.7 Å². The molecule has 0 aliphatic heterocycles. The zero-order valence-electron chi connectivity index (χ0n) is 3.13. The summed E-state index contributed by atoms with van der Waals surface area (Å²) in [6.45, 7) is 0. The van der Waals surface area contributed by atoms with Gasteiger partial charge in [0.15, 0.2) is 0 Å². The Balaban J connectivity index is 0.000000250. The van der Waals surface area contributed by atoms with E-state index < -0.39 is 0 Å². The first kappa shape index (κ1) is 5.76. The average Bonchev–Trinajstić information content (AvgIpc) is 1.76. The fourth-order valence-corrected chi connectivity index (χ4v) is 0.227. The molecule has 6 heavy (non-hydrogen) atoms. The molecule has 0 unspecified atom stereocenters. The molecular formula is C3H4BClO. The molecule has 0 N–H and O–H groups in total. The molecule has 1 aromatic heterocycles. The third-order valence-corrected chi connectivity index (χ3v) is 0.425. The van der Waals surface area contributed by atoms with E-state index in [0.29, 0.717) is 0 Å². The van der Waals surface area contributed by atoms with Crippen LogP contribution in [0.3, 0.4) is 0 Å². The van der Waals surface area contributed by atoms with Gasteiger partial charge in [0.05, 0.1) is 0 Å². The van der Waals surface area contributed by atoms with Gasteiger partial charge in [-0.15, -0.1) is 12.4 Å². The molecule has 0 aromatic carbocycles. The molecule has 1 heterocycles. The van der Waals surface area contributed by atoms with Crippen molar-refractivity contribution in [2.24, 2.45) is 0 Å². The van der Waals surface area contributed by atoms with Gasteiger partial charge in [-0.25, -0.2) is 0 Å². The third-order valence-electron chi connectivity index (χ3n) is 0.425. The zero-order valence-corrected chi connectivity index (χ0v) is 3.94. The number of hydrogen-bond acceptors (Lipinski definition) is 1. The minimum atomic E-state index is 0. The molecule has 0 bridgehead atoms. The third kappa shape index (κ3) is 1.27. The van der Waals surface area contributed by atoms with E-state index in [0.717, 1.165) is 0 Å². The van der Waals surface area contributed by atoms with Crippen molar-refractivity contribution < 1.29 is 4.33 Å². The van der Waals surface area contributed by atoms with Crippen LogP contribution in [0, 0.1) is 0 Å². The first-order valence-corrected chi connectivity index (χ1v) is 1.47. The maximum atomic E-state index is 4.58. The minimum absolute atomic E-state index is 0. The van der Waals surface area contributed by atoms with Crippen LogP contribution >= 0.6 is 12.4 Å². The monoisotopic (exact) mass is 102 g/mol. The Morgan fingerprint density at radius 1 is 1.50 bits per heavy atom. The molecule has 32 valence electrons. The predicted molar refractivity (Wildman–Crippen MR) is 27.3 cm³/mol. The van der Waals surface area contributed by atoms with E-state index in [1.54, 1.807) is 13.4 Å². The van der Waals surface area contributed by atoms with Gasteiger partial charge in [-0.2, -0.15) is 0 Å². The van der Waals surface area contributed by atoms with E-state index in [4.69, 9.17) is 0 Å². The molecule has 0 spiro atoms. The quantitative estimate of drug-likeness (QED) is 0.477. The molecule has 0 aliphatic carbocycles. The van der Waals surface area contributed by atoms with Crippen LogP contribution in [0.1, 0.15) is 0 Å². The Labute approximate surface area is 43.0 Å². The fourth-order valence-electron chi connectivity index (χ4n) is 0.227. The summed E-state index contributed by atoms with van der Waals surface area (Å²) in [5.41, 5.74) is 0. The van der Waals surface area contributed by atoms with Crippen LogP contribution < -0.4 is 0 Å². The van der Waals surface area contributed by atoms with Crippen molar-refractivity contribution in [3.05, 3.63) is 18.3 Å². The first-order chi connectivity index (χ1) is 2.50. The Kier molecular flexibility index (Phi) is 2.86. The summed E-state index contributed by atoms with van der Waals surface area (Å²) in [4.78, 5) is 0. The molecule has 0 amide bonds. The van der Waals surface area contributed by atoms with Gasteiger partial charge in [0.2, 0.25) is 0 Å².